The quantitative estimate of drug-likeness (QED) is 0.500. The number of allylic oxidation sites excluding steroid dienone is 1. The summed E-state index contributed by atoms with van der Waals surface area (Å²) < 4.78 is 5.25. The fourth-order valence-electron chi connectivity index (χ4n) is 1.31. The molecule has 0 bridgehead atoms. The summed E-state index contributed by atoms with van der Waals surface area (Å²) in [7, 11) is 0. The van der Waals surface area contributed by atoms with Gasteiger partial charge in [-0.2, -0.15) is 0 Å². The number of carbonyl (C=O) groups excluding carboxylic acids is 1. The SMILES string of the molecule is CCCC(C)OC(=O)C(C)=CC(C)C. The molecule has 14 heavy (non-hydrogen) atoms. The normalized spacial score (nSPS) is 14.3. The Bertz CT molecular complexity index is 204. The van der Waals surface area contributed by atoms with Crippen molar-refractivity contribution in [2.24, 2.45) is 5.92 Å². The van der Waals surface area contributed by atoms with Gasteiger partial charge in [-0.05, 0) is 26.2 Å². The first-order valence-electron chi connectivity index (χ1n) is 5.36. The predicted octanol–water partition coefficient (Wildman–Crippen LogP) is 3.32. The van der Waals surface area contributed by atoms with Gasteiger partial charge in [0.15, 0.2) is 0 Å². The van der Waals surface area contributed by atoms with E-state index in [1.807, 2.05) is 26.8 Å². The van der Waals surface area contributed by atoms with Crippen molar-refractivity contribution in [3.63, 3.8) is 0 Å². The average molecular weight is 198 g/mol. The third-order valence-corrected chi connectivity index (χ3v) is 1.91. The molecule has 0 aromatic rings. The van der Waals surface area contributed by atoms with Crippen molar-refractivity contribution in [3.8, 4) is 0 Å². The molecule has 0 radical (unpaired) electrons. The topological polar surface area (TPSA) is 26.3 Å². The second-order valence-electron chi connectivity index (χ2n) is 4.10. The molecule has 0 amide bonds. The molecule has 0 aliphatic carbocycles. The summed E-state index contributed by atoms with van der Waals surface area (Å²) >= 11 is 0. The summed E-state index contributed by atoms with van der Waals surface area (Å²) in [5, 5.41) is 0. The Morgan fingerprint density at radius 2 is 1.93 bits per heavy atom. The Kier molecular flexibility index (Phi) is 6.26. The van der Waals surface area contributed by atoms with Crippen LogP contribution in [0.4, 0.5) is 0 Å². The first-order chi connectivity index (χ1) is 6.47. The monoisotopic (exact) mass is 198 g/mol. The van der Waals surface area contributed by atoms with Gasteiger partial charge in [0.05, 0.1) is 6.10 Å². The maximum Gasteiger partial charge on any atom is 0.333 e. The van der Waals surface area contributed by atoms with Crippen LogP contribution < -0.4 is 0 Å². The minimum Gasteiger partial charge on any atom is -0.459 e. The maximum atomic E-state index is 11.5. The van der Waals surface area contributed by atoms with Crippen molar-refractivity contribution >= 4 is 5.97 Å². The summed E-state index contributed by atoms with van der Waals surface area (Å²) in [5.74, 6) is 0.212. The molecule has 0 aromatic heterocycles. The van der Waals surface area contributed by atoms with Crippen LogP contribution in [0.5, 0.6) is 0 Å². The maximum absolute atomic E-state index is 11.5. The van der Waals surface area contributed by atoms with E-state index in [0.717, 1.165) is 12.8 Å². The van der Waals surface area contributed by atoms with Crippen molar-refractivity contribution in [2.45, 2.75) is 53.6 Å². The zero-order valence-electron chi connectivity index (χ0n) is 9.96. The van der Waals surface area contributed by atoms with E-state index in [9.17, 15) is 4.79 Å². The van der Waals surface area contributed by atoms with Crippen LogP contribution in [-0.4, -0.2) is 12.1 Å². The lowest BCUT2D eigenvalue weighted by Crippen LogP contribution is -2.15. The number of esters is 1. The fourth-order valence-corrected chi connectivity index (χ4v) is 1.31. The first-order valence-corrected chi connectivity index (χ1v) is 5.36. The van der Waals surface area contributed by atoms with Gasteiger partial charge in [0, 0.05) is 5.57 Å². The second kappa shape index (κ2) is 6.63. The highest BCUT2D eigenvalue weighted by atomic mass is 16.5. The smallest absolute Gasteiger partial charge is 0.333 e. The van der Waals surface area contributed by atoms with E-state index < -0.39 is 0 Å². The zero-order valence-corrected chi connectivity index (χ0v) is 9.96. The van der Waals surface area contributed by atoms with Crippen molar-refractivity contribution < 1.29 is 9.53 Å². The highest BCUT2D eigenvalue weighted by Gasteiger charge is 2.10. The molecule has 0 fully saturated rings. The number of ether oxygens (including phenoxy) is 1. The molecule has 0 aromatic carbocycles. The van der Waals surface area contributed by atoms with E-state index in [0.29, 0.717) is 11.5 Å². The summed E-state index contributed by atoms with van der Waals surface area (Å²) in [5.41, 5.74) is 0.711. The van der Waals surface area contributed by atoms with Crippen molar-refractivity contribution in [1.29, 1.82) is 0 Å². The molecule has 2 heteroatoms. The highest BCUT2D eigenvalue weighted by Crippen LogP contribution is 2.08. The Balaban J connectivity index is 4.07. The lowest BCUT2D eigenvalue weighted by molar-refractivity contribution is -0.143. The van der Waals surface area contributed by atoms with Crippen molar-refractivity contribution in [2.75, 3.05) is 0 Å². The molecule has 0 heterocycles. The van der Waals surface area contributed by atoms with E-state index >= 15 is 0 Å². The van der Waals surface area contributed by atoms with Crippen molar-refractivity contribution in [1.82, 2.24) is 0 Å². The molecule has 0 aliphatic rings. The van der Waals surface area contributed by atoms with E-state index in [1.165, 1.54) is 0 Å². The summed E-state index contributed by atoms with van der Waals surface area (Å²) in [4.78, 5) is 11.5. The zero-order chi connectivity index (χ0) is 11.1. The van der Waals surface area contributed by atoms with Gasteiger partial charge in [-0.1, -0.05) is 33.3 Å². The number of hydrogen-bond donors (Lipinski definition) is 0. The van der Waals surface area contributed by atoms with Crippen LogP contribution in [0.2, 0.25) is 0 Å². The summed E-state index contributed by atoms with van der Waals surface area (Å²) in [6.45, 7) is 9.92. The molecule has 0 aliphatic heterocycles. The molecule has 1 atom stereocenters. The number of hydrogen-bond acceptors (Lipinski definition) is 2. The van der Waals surface area contributed by atoms with Gasteiger partial charge >= 0.3 is 5.97 Å². The van der Waals surface area contributed by atoms with Gasteiger partial charge in [-0.25, -0.2) is 4.79 Å². The van der Waals surface area contributed by atoms with Crippen LogP contribution in [0.1, 0.15) is 47.5 Å². The van der Waals surface area contributed by atoms with Crippen LogP contribution >= 0.6 is 0 Å². The fraction of sp³-hybridized carbons (Fsp3) is 0.750. The molecule has 0 N–H and O–H groups in total. The molecule has 2 nitrogen and oxygen atoms in total. The van der Waals surface area contributed by atoms with Gasteiger partial charge in [-0.3, -0.25) is 0 Å². The van der Waals surface area contributed by atoms with E-state index in [4.69, 9.17) is 4.74 Å². The Morgan fingerprint density at radius 1 is 1.36 bits per heavy atom. The number of carbonyl (C=O) groups is 1. The summed E-state index contributed by atoms with van der Waals surface area (Å²) in [6.07, 6.45) is 3.94. The highest BCUT2D eigenvalue weighted by molar-refractivity contribution is 5.87. The molecule has 0 spiro atoms. The van der Waals surface area contributed by atoms with Crippen LogP contribution in [0.25, 0.3) is 0 Å². The van der Waals surface area contributed by atoms with Gasteiger partial charge in [0.25, 0.3) is 0 Å². The first kappa shape index (κ1) is 13.2. The third kappa shape index (κ3) is 5.79. The lowest BCUT2D eigenvalue weighted by Gasteiger charge is -2.12. The van der Waals surface area contributed by atoms with Crippen LogP contribution in [0.15, 0.2) is 11.6 Å². The minimum atomic E-state index is -0.181. The van der Waals surface area contributed by atoms with Gasteiger partial charge < -0.3 is 4.74 Å². The van der Waals surface area contributed by atoms with Gasteiger partial charge in [0.1, 0.15) is 0 Å². The second-order valence-corrected chi connectivity index (χ2v) is 4.10. The van der Waals surface area contributed by atoms with Gasteiger partial charge in [0.2, 0.25) is 0 Å². The molecule has 0 saturated heterocycles. The third-order valence-electron chi connectivity index (χ3n) is 1.91. The van der Waals surface area contributed by atoms with Gasteiger partial charge in [-0.15, -0.1) is 0 Å². The molecule has 0 saturated carbocycles. The predicted molar refractivity (Wildman–Crippen MR) is 59.1 cm³/mol. The van der Waals surface area contributed by atoms with Crippen LogP contribution in [-0.2, 0) is 9.53 Å². The molecular formula is C12H22O2. The van der Waals surface area contributed by atoms with Crippen molar-refractivity contribution in [3.05, 3.63) is 11.6 Å². The Labute approximate surface area is 87.3 Å². The Hall–Kier alpha value is -0.790. The summed E-state index contributed by atoms with van der Waals surface area (Å²) in [6, 6.07) is 0. The van der Waals surface area contributed by atoms with E-state index in [1.54, 1.807) is 6.92 Å². The van der Waals surface area contributed by atoms with E-state index in [-0.39, 0.29) is 12.1 Å². The standard InChI is InChI=1S/C12H22O2/c1-6-7-11(5)14-12(13)10(4)8-9(2)3/h8-9,11H,6-7H2,1-5H3. The average Bonchev–Trinajstić information content (AvgIpc) is 2.02. The minimum absolute atomic E-state index is 0.0306. The number of rotatable bonds is 5. The lowest BCUT2D eigenvalue weighted by atomic mass is 10.1. The molecule has 1 unspecified atom stereocenters. The molecule has 0 rings (SSSR count). The Morgan fingerprint density at radius 3 is 2.36 bits per heavy atom. The van der Waals surface area contributed by atoms with E-state index in [2.05, 4.69) is 6.92 Å². The van der Waals surface area contributed by atoms with Crippen LogP contribution in [0, 0.1) is 5.92 Å². The molecule has 82 valence electrons. The molecular weight excluding hydrogens is 176 g/mol. The largest absolute Gasteiger partial charge is 0.459 e. The van der Waals surface area contributed by atoms with Crippen LogP contribution in [0.3, 0.4) is 0 Å².